The van der Waals surface area contributed by atoms with E-state index in [4.69, 9.17) is 5.26 Å². The maximum absolute atomic E-state index is 11.9. The number of amidine groups is 1. The molecule has 0 spiro atoms. The molecule has 8 heteroatoms. The number of nitrogens with zero attached hydrogens (tertiary/aromatic N) is 3. The van der Waals surface area contributed by atoms with Crippen LogP contribution in [0.5, 0.6) is 0 Å². The Morgan fingerprint density at radius 1 is 1.38 bits per heavy atom. The summed E-state index contributed by atoms with van der Waals surface area (Å²) in [6, 6.07) is 9.61. The van der Waals surface area contributed by atoms with Crippen LogP contribution in [0.25, 0.3) is 0 Å². The van der Waals surface area contributed by atoms with Crippen molar-refractivity contribution in [2.24, 2.45) is 4.99 Å². The van der Waals surface area contributed by atoms with E-state index in [0.717, 1.165) is 11.1 Å². The van der Waals surface area contributed by atoms with Crippen molar-refractivity contribution < 1.29 is 13.2 Å². The lowest BCUT2D eigenvalue weighted by molar-refractivity contribution is -0.116. The summed E-state index contributed by atoms with van der Waals surface area (Å²) in [6.45, 7) is 2.51. The number of rotatable bonds is 3. The quantitative estimate of drug-likeness (QED) is 0.808. The molecule has 2 atom stereocenters. The Labute approximate surface area is 145 Å². The lowest BCUT2D eigenvalue weighted by Crippen LogP contribution is -2.37. The number of thioether (sulfide) groups is 1. The van der Waals surface area contributed by atoms with Crippen LogP contribution in [0.2, 0.25) is 0 Å². The third-order valence-corrected chi connectivity index (χ3v) is 7.35. The molecule has 0 aromatic heterocycles. The van der Waals surface area contributed by atoms with Crippen LogP contribution in [0.1, 0.15) is 17.5 Å². The molecule has 2 fully saturated rings. The number of fused-ring (bicyclic) bond motifs is 1. The van der Waals surface area contributed by atoms with Gasteiger partial charge >= 0.3 is 0 Å². The minimum absolute atomic E-state index is 0.0853. The Morgan fingerprint density at radius 2 is 2.08 bits per heavy atom. The monoisotopic (exact) mass is 363 g/mol. The molecule has 0 saturated carbocycles. The molecule has 3 rings (SSSR count). The molecule has 0 N–H and O–H groups in total. The number of aryl methyl sites for hydroxylation is 1. The first-order chi connectivity index (χ1) is 11.4. The van der Waals surface area contributed by atoms with E-state index >= 15 is 0 Å². The molecular formula is C16H17N3O3S2. The van der Waals surface area contributed by atoms with Crippen LogP contribution >= 0.6 is 11.8 Å². The largest absolute Gasteiger partial charge is 0.342 e. The smallest absolute Gasteiger partial charge is 0.262 e. The van der Waals surface area contributed by atoms with E-state index in [1.807, 2.05) is 36.1 Å². The van der Waals surface area contributed by atoms with Crippen molar-refractivity contribution in [1.82, 2.24) is 4.90 Å². The standard InChI is InChI=1S/C16H17N3O3S2/c1-11-2-4-12(5-3-11)8-19-13-9-24(21,22)10-14(13)23-16(19)18-15(20)6-7-17/h2-5,13-14H,6,8-10H2,1H3/t13-,14+/m1/s1. The zero-order valence-corrected chi connectivity index (χ0v) is 14.8. The van der Waals surface area contributed by atoms with Crippen LogP contribution in [-0.4, -0.2) is 47.2 Å². The number of hydrogen-bond acceptors (Lipinski definition) is 5. The molecule has 2 saturated heterocycles. The topological polar surface area (TPSA) is 90.6 Å². The predicted octanol–water partition coefficient (Wildman–Crippen LogP) is 1.51. The Bertz CT molecular complexity index is 825. The third-order valence-electron chi connectivity index (χ3n) is 4.10. The van der Waals surface area contributed by atoms with Crippen LogP contribution in [-0.2, 0) is 21.2 Å². The average Bonchev–Trinajstić information content (AvgIpc) is 2.95. The van der Waals surface area contributed by atoms with Gasteiger partial charge in [0.2, 0.25) is 0 Å². The van der Waals surface area contributed by atoms with Crippen molar-refractivity contribution in [1.29, 1.82) is 5.26 Å². The normalized spacial score (nSPS) is 26.3. The fourth-order valence-electron chi connectivity index (χ4n) is 2.92. The highest BCUT2D eigenvalue weighted by molar-refractivity contribution is 8.15. The maximum atomic E-state index is 11.9. The van der Waals surface area contributed by atoms with Crippen molar-refractivity contribution >= 4 is 32.7 Å². The summed E-state index contributed by atoms with van der Waals surface area (Å²) in [5.74, 6) is -0.295. The van der Waals surface area contributed by atoms with Gasteiger partial charge in [0.25, 0.3) is 5.91 Å². The zero-order chi connectivity index (χ0) is 17.3. The molecule has 1 aromatic carbocycles. The van der Waals surface area contributed by atoms with Crippen molar-refractivity contribution in [3.8, 4) is 6.07 Å². The molecule has 2 aliphatic rings. The Hall–Kier alpha value is -1.85. The predicted molar refractivity (Wildman–Crippen MR) is 93.2 cm³/mol. The summed E-state index contributed by atoms with van der Waals surface area (Å²) in [6.07, 6.45) is -0.268. The Balaban J connectivity index is 1.88. The second-order valence-corrected chi connectivity index (χ2v) is 9.40. The van der Waals surface area contributed by atoms with Gasteiger partial charge in [-0.1, -0.05) is 41.6 Å². The summed E-state index contributed by atoms with van der Waals surface area (Å²) in [7, 11) is -3.05. The molecule has 2 heterocycles. The Kier molecular flexibility index (Phi) is 4.65. The third kappa shape index (κ3) is 3.62. The number of carbonyl (C=O) groups excluding carboxylic acids is 1. The van der Waals surface area contributed by atoms with Crippen LogP contribution in [0, 0.1) is 18.3 Å². The molecule has 1 amide bonds. The zero-order valence-electron chi connectivity index (χ0n) is 13.2. The van der Waals surface area contributed by atoms with Gasteiger partial charge < -0.3 is 4.90 Å². The van der Waals surface area contributed by atoms with Crippen LogP contribution < -0.4 is 0 Å². The molecule has 0 aliphatic carbocycles. The molecule has 1 aromatic rings. The molecule has 6 nitrogen and oxygen atoms in total. The minimum Gasteiger partial charge on any atom is -0.342 e. The maximum Gasteiger partial charge on any atom is 0.262 e. The van der Waals surface area contributed by atoms with Crippen molar-refractivity contribution in [2.75, 3.05) is 11.5 Å². The van der Waals surface area contributed by atoms with Gasteiger partial charge in [0.05, 0.1) is 23.6 Å². The first-order valence-corrected chi connectivity index (χ1v) is 10.3. The fourth-order valence-corrected chi connectivity index (χ4v) is 6.89. The summed E-state index contributed by atoms with van der Waals surface area (Å²) >= 11 is 1.33. The van der Waals surface area contributed by atoms with E-state index in [9.17, 15) is 13.2 Å². The van der Waals surface area contributed by atoms with Crippen LogP contribution in [0.3, 0.4) is 0 Å². The number of carbonyl (C=O) groups is 1. The van der Waals surface area contributed by atoms with Gasteiger partial charge in [-0.2, -0.15) is 10.3 Å². The first-order valence-electron chi connectivity index (χ1n) is 7.56. The van der Waals surface area contributed by atoms with E-state index in [-0.39, 0.29) is 29.2 Å². The van der Waals surface area contributed by atoms with E-state index in [1.165, 1.54) is 11.8 Å². The van der Waals surface area contributed by atoms with E-state index in [2.05, 4.69) is 4.99 Å². The lowest BCUT2D eigenvalue weighted by Gasteiger charge is -2.24. The first kappa shape index (κ1) is 17.0. The second kappa shape index (κ2) is 6.57. The number of hydrogen-bond donors (Lipinski definition) is 0. The molecule has 2 aliphatic heterocycles. The summed E-state index contributed by atoms with van der Waals surface area (Å²) in [4.78, 5) is 17.7. The number of sulfone groups is 1. The van der Waals surface area contributed by atoms with Crippen LogP contribution in [0.4, 0.5) is 0 Å². The summed E-state index contributed by atoms with van der Waals surface area (Å²) < 4.78 is 23.9. The van der Waals surface area contributed by atoms with Gasteiger partial charge in [-0.25, -0.2) is 8.42 Å². The highest BCUT2D eigenvalue weighted by Crippen LogP contribution is 2.39. The van der Waals surface area contributed by atoms with Gasteiger partial charge in [-0.05, 0) is 12.5 Å². The van der Waals surface area contributed by atoms with E-state index < -0.39 is 15.7 Å². The highest BCUT2D eigenvalue weighted by atomic mass is 32.2. The number of nitriles is 1. The van der Waals surface area contributed by atoms with Gasteiger partial charge in [0.15, 0.2) is 15.0 Å². The molecule has 0 bridgehead atoms. The van der Waals surface area contributed by atoms with Crippen molar-refractivity contribution in [3.63, 3.8) is 0 Å². The number of amides is 1. The molecule has 0 radical (unpaired) electrons. The van der Waals surface area contributed by atoms with Crippen molar-refractivity contribution in [3.05, 3.63) is 35.4 Å². The SMILES string of the molecule is Cc1ccc(CN2C(=NC(=O)CC#N)S[C@H]3CS(=O)(=O)C[C@H]32)cc1. The van der Waals surface area contributed by atoms with Crippen LogP contribution in [0.15, 0.2) is 29.3 Å². The lowest BCUT2D eigenvalue weighted by atomic mass is 10.1. The van der Waals surface area contributed by atoms with Crippen molar-refractivity contribution in [2.45, 2.75) is 31.2 Å². The number of benzene rings is 1. The highest BCUT2D eigenvalue weighted by Gasteiger charge is 2.48. The van der Waals surface area contributed by atoms with E-state index in [0.29, 0.717) is 11.7 Å². The number of aliphatic imine (C=N–C) groups is 1. The van der Waals surface area contributed by atoms with Gasteiger partial charge in [-0.15, -0.1) is 0 Å². The molecule has 126 valence electrons. The molecule has 24 heavy (non-hydrogen) atoms. The van der Waals surface area contributed by atoms with Gasteiger partial charge in [-0.3, -0.25) is 4.79 Å². The van der Waals surface area contributed by atoms with E-state index in [1.54, 1.807) is 6.07 Å². The summed E-state index contributed by atoms with van der Waals surface area (Å²) in [5, 5.41) is 9.05. The minimum atomic E-state index is -3.05. The van der Waals surface area contributed by atoms with Gasteiger partial charge in [0.1, 0.15) is 6.42 Å². The Morgan fingerprint density at radius 3 is 2.75 bits per heavy atom. The molecule has 0 unspecified atom stereocenters. The molecular weight excluding hydrogens is 346 g/mol. The second-order valence-electron chi connectivity index (χ2n) is 6.04. The van der Waals surface area contributed by atoms with Gasteiger partial charge in [0, 0.05) is 11.8 Å². The fraction of sp³-hybridized carbons (Fsp3) is 0.438. The average molecular weight is 363 g/mol. The summed E-state index contributed by atoms with van der Waals surface area (Å²) in [5.41, 5.74) is 2.18.